The molecule has 4 aliphatic carbocycles. The molecule has 0 spiro atoms. The van der Waals surface area contributed by atoms with Gasteiger partial charge in [-0.1, -0.05) is 97.0 Å². The van der Waals surface area contributed by atoms with Crippen molar-refractivity contribution in [2.45, 2.75) is 75.8 Å². The van der Waals surface area contributed by atoms with Crippen LogP contribution in [-0.4, -0.2) is 16.1 Å². The van der Waals surface area contributed by atoms with E-state index in [-0.39, 0.29) is 68.2 Å². The summed E-state index contributed by atoms with van der Waals surface area (Å²) in [6.07, 6.45) is 39.3. The van der Waals surface area contributed by atoms with E-state index in [1.807, 2.05) is 24.3 Å². The van der Waals surface area contributed by atoms with Crippen LogP contribution >= 0.6 is 0 Å². The molecule has 0 bridgehead atoms. The van der Waals surface area contributed by atoms with Crippen molar-refractivity contribution in [3.63, 3.8) is 0 Å². The maximum atomic E-state index is 2.99. The molecular formula is C28H38Cl2Si2Ti2-4. The van der Waals surface area contributed by atoms with Crippen LogP contribution in [0, 0.1) is 12.2 Å². The van der Waals surface area contributed by atoms with Crippen LogP contribution in [0.25, 0.3) is 0 Å². The van der Waals surface area contributed by atoms with Crippen molar-refractivity contribution in [2.75, 3.05) is 0 Å². The van der Waals surface area contributed by atoms with E-state index < -0.39 is 16.1 Å². The first kappa shape index (κ1) is 36.5. The average Bonchev–Trinajstić information content (AvgIpc) is 3.56. The van der Waals surface area contributed by atoms with Gasteiger partial charge in [-0.25, -0.2) is 24.3 Å². The van der Waals surface area contributed by atoms with Gasteiger partial charge in [0.2, 0.25) is 0 Å². The monoisotopic (exact) mass is 596 g/mol. The predicted molar refractivity (Wildman–Crippen MR) is 139 cm³/mol. The van der Waals surface area contributed by atoms with Crippen LogP contribution in [0.4, 0.5) is 0 Å². The number of allylic oxidation sites excluding steroid dienone is 16. The third-order valence-corrected chi connectivity index (χ3v) is 16.8. The fourth-order valence-corrected chi connectivity index (χ4v) is 10.9. The Kier molecular flexibility index (Phi) is 20.9. The molecule has 6 aliphatic rings. The van der Waals surface area contributed by atoms with Gasteiger partial charge in [-0.3, -0.25) is 12.2 Å². The van der Waals surface area contributed by atoms with Gasteiger partial charge in [0.25, 0.3) is 0 Å². The molecule has 0 unspecified atom stereocenters. The SMILES string of the molecule is C[Si]1(C2=CC=CC2)CCC1.C[Si]1(C2=CC=CC2)CCC1.[C-]1=CC=CC1.[C-]1=CC=CC1.[Cl-].[Cl-].[Ti].[Ti]. The first-order valence-corrected chi connectivity index (χ1v) is 17.6. The van der Waals surface area contributed by atoms with Crippen molar-refractivity contribution in [1.82, 2.24) is 0 Å². The Bertz CT molecular complexity index is 724. The molecule has 0 aromatic heterocycles. The van der Waals surface area contributed by atoms with Gasteiger partial charge in [0.05, 0.1) is 16.1 Å². The van der Waals surface area contributed by atoms with Gasteiger partial charge in [0.1, 0.15) is 0 Å². The third kappa shape index (κ3) is 11.6. The number of hydrogen-bond acceptors (Lipinski definition) is 0. The Morgan fingerprint density at radius 3 is 1.12 bits per heavy atom. The molecule has 0 atom stereocenters. The minimum absolute atomic E-state index is 0. The summed E-state index contributed by atoms with van der Waals surface area (Å²) in [6, 6.07) is 6.22. The molecule has 6 rings (SSSR count). The van der Waals surface area contributed by atoms with Crippen molar-refractivity contribution in [2.24, 2.45) is 0 Å². The summed E-state index contributed by atoms with van der Waals surface area (Å²) < 4.78 is 0. The zero-order valence-electron chi connectivity index (χ0n) is 20.8. The van der Waals surface area contributed by atoms with Crippen molar-refractivity contribution < 1.29 is 68.2 Å². The van der Waals surface area contributed by atoms with Crippen LogP contribution < -0.4 is 24.8 Å². The molecule has 6 heteroatoms. The Morgan fingerprint density at radius 2 is 0.971 bits per heavy atom. The first-order valence-electron chi connectivity index (χ1n) is 11.8. The molecule has 184 valence electrons. The summed E-state index contributed by atoms with van der Waals surface area (Å²) in [6.45, 7) is 5.07. The smallest absolute Gasteiger partial charge is 0.0789 e. The predicted octanol–water partition coefficient (Wildman–Crippen LogP) is 2.40. The average molecular weight is 597 g/mol. The third-order valence-electron chi connectivity index (χ3n) is 7.18. The molecule has 2 fully saturated rings. The molecule has 0 aromatic carbocycles. The maximum Gasteiger partial charge on any atom is 0.0789 e. The van der Waals surface area contributed by atoms with E-state index in [0.29, 0.717) is 0 Å². The Hall–Kier alpha value is 0.362. The number of rotatable bonds is 2. The molecule has 0 aromatic rings. The summed E-state index contributed by atoms with van der Waals surface area (Å²) in [5.41, 5.74) is 0. The second kappa shape index (κ2) is 19.5. The van der Waals surface area contributed by atoms with E-state index in [4.69, 9.17) is 0 Å². The molecule has 2 saturated heterocycles. The summed E-state index contributed by atoms with van der Waals surface area (Å²) in [7, 11) is -1.53. The van der Waals surface area contributed by atoms with Gasteiger partial charge in [0.15, 0.2) is 0 Å². The largest absolute Gasteiger partial charge is 1.00 e. The topological polar surface area (TPSA) is 0 Å². The standard InChI is InChI=1S/2C9H14Si.2C5H5.2ClH.2Ti/c2*1-10(7-4-8-10)9-5-2-3-6-9;2*1-2-4-5-3-1;;;;/h2*2-3,5H,4,6-8H2,1H3;2*1-3H,4H2;2*1H;;/q;;2*-1;;;;/p-2. The van der Waals surface area contributed by atoms with Crippen LogP contribution in [0.15, 0.2) is 83.3 Å². The van der Waals surface area contributed by atoms with Gasteiger partial charge in [-0.2, -0.15) is 12.2 Å². The van der Waals surface area contributed by atoms with Crippen LogP contribution in [-0.2, 0) is 43.4 Å². The minimum Gasteiger partial charge on any atom is -1.00 e. The molecule has 2 aliphatic heterocycles. The summed E-state index contributed by atoms with van der Waals surface area (Å²) >= 11 is 0. The van der Waals surface area contributed by atoms with Gasteiger partial charge in [-0.05, 0) is 12.8 Å². The second-order valence-corrected chi connectivity index (χ2v) is 19.0. The van der Waals surface area contributed by atoms with E-state index in [9.17, 15) is 0 Å². The minimum atomic E-state index is -0.765. The van der Waals surface area contributed by atoms with Gasteiger partial charge >= 0.3 is 0 Å². The number of hydrogen-bond donors (Lipinski definition) is 0. The van der Waals surface area contributed by atoms with E-state index in [1.54, 1.807) is 34.6 Å². The maximum absolute atomic E-state index is 2.99. The summed E-state index contributed by atoms with van der Waals surface area (Å²) in [5.74, 6) is 0. The summed E-state index contributed by atoms with van der Waals surface area (Å²) in [5, 5.41) is 3.61. The fraction of sp³-hybridized carbons (Fsp3) is 0.429. The normalized spacial score (nSPS) is 21.6. The van der Waals surface area contributed by atoms with Gasteiger partial charge < -0.3 is 24.8 Å². The van der Waals surface area contributed by atoms with Crippen LogP contribution in [0.1, 0.15) is 38.5 Å². The van der Waals surface area contributed by atoms with E-state index in [2.05, 4.69) is 73.9 Å². The van der Waals surface area contributed by atoms with Crippen LogP contribution in [0.2, 0.25) is 37.3 Å². The summed E-state index contributed by atoms with van der Waals surface area (Å²) in [4.78, 5) is 0. The van der Waals surface area contributed by atoms with Gasteiger partial charge in [0, 0.05) is 43.4 Å². The Morgan fingerprint density at radius 1 is 0.588 bits per heavy atom. The molecule has 34 heavy (non-hydrogen) atoms. The number of halogens is 2. The van der Waals surface area contributed by atoms with Crippen molar-refractivity contribution in [3.05, 3.63) is 95.5 Å². The zero-order valence-corrected chi connectivity index (χ0v) is 27.4. The molecule has 0 saturated carbocycles. The molecular weight excluding hydrogens is 559 g/mol. The Labute approximate surface area is 253 Å². The van der Waals surface area contributed by atoms with E-state index in [1.165, 1.54) is 25.7 Å². The van der Waals surface area contributed by atoms with Crippen molar-refractivity contribution in [3.8, 4) is 0 Å². The van der Waals surface area contributed by atoms with Gasteiger partial charge in [-0.15, -0.1) is 12.8 Å². The molecule has 0 radical (unpaired) electrons. The molecule has 0 nitrogen and oxygen atoms in total. The Balaban J connectivity index is 0. The van der Waals surface area contributed by atoms with Crippen LogP contribution in [0.5, 0.6) is 0 Å². The zero-order chi connectivity index (χ0) is 21.1. The van der Waals surface area contributed by atoms with E-state index >= 15 is 0 Å². The van der Waals surface area contributed by atoms with Crippen molar-refractivity contribution >= 4 is 16.1 Å². The van der Waals surface area contributed by atoms with Crippen molar-refractivity contribution in [1.29, 1.82) is 0 Å². The first-order chi connectivity index (χ1) is 14.6. The molecule has 0 N–H and O–H groups in total. The fourth-order valence-electron chi connectivity index (χ4n) is 4.53. The molecule has 0 amide bonds. The quantitative estimate of drug-likeness (QED) is 0.339. The van der Waals surface area contributed by atoms with E-state index in [0.717, 1.165) is 12.8 Å². The van der Waals surface area contributed by atoms with Crippen LogP contribution in [0.3, 0.4) is 0 Å². The second-order valence-electron chi connectivity index (χ2n) is 9.48. The molecule has 2 heterocycles.